The number of carbonyl (C=O) groups excluding carboxylic acids is 2. The number of esters is 1. The van der Waals surface area contributed by atoms with Crippen molar-refractivity contribution in [2.75, 3.05) is 12.4 Å². The number of hydrogen-bond donors (Lipinski definition) is 1. The summed E-state index contributed by atoms with van der Waals surface area (Å²) in [5.74, 6) is 0.678. The Morgan fingerprint density at radius 1 is 1.10 bits per heavy atom. The smallest absolute Gasteiger partial charge is 0.340 e. The molecule has 3 aromatic rings. The van der Waals surface area contributed by atoms with E-state index in [1.54, 1.807) is 44.4 Å². The normalized spacial score (nSPS) is 10.4. The summed E-state index contributed by atoms with van der Waals surface area (Å²) in [5, 5.41) is 6.57. The number of para-hydroxylation sites is 1. The van der Waals surface area contributed by atoms with Gasteiger partial charge in [0.1, 0.15) is 23.8 Å². The summed E-state index contributed by atoms with van der Waals surface area (Å²) in [7, 11) is 1.61. The molecule has 0 aliphatic rings. The highest BCUT2D eigenvalue weighted by Gasteiger charge is 2.15. The fraction of sp³-hybridized carbons (Fsp3) is 0.227. The zero-order valence-corrected chi connectivity index (χ0v) is 16.3. The van der Waals surface area contributed by atoms with Crippen molar-refractivity contribution in [2.24, 2.45) is 0 Å². The summed E-state index contributed by atoms with van der Waals surface area (Å²) in [4.78, 5) is 24.8. The van der Waals surface area contributed by atoms with Gasteiger partial charge in [0.25, 0.3) is 0 Å². The molecule has 0 aliphatic heterocycles. The lowest BCUT2D eigenvalue weighted by molar-refractivity contribution is -0.116. The van der Waals surface area contributed by atoms with Crippen molar-refractivity contribution >= 4 is 17.6 Å². The number of methoxy groups -OCH3 is 1. The van der Waals surface area contributed by atoms with Crippen molar-refractivity contribution in [3.63, 3.8) is 0 Å². The lowest BCUT2D eigenvalue weighted by atomic mass is 10.1. The van der Waals surface area contributed by atoms with E-state index in [9.17, 15) is 9.59 Å². The van der Waals surface area contributed by atoms with Crippen LogP contribution in [-0.4, -0.2) is 24.1 Å². The van der Waals surface area contributed by atoms with Gasteiger partial charge in [-0.15, -0.1) is 0 Å². The van der Waals surface area contributed by atoms with E-state index in [4.69, 9.17) is 14.0 Å². The average Bonchev–Trinajstić information content (AvgIpc) is 3.16. The van der Waals surface area contributed by atoms with Crippen LogP contribution in [-0.2, 0) is 22.6 Å². The molecule has 1 N–H and O–H groups in total. The minimum absolute atomic E-state index is 0.00404. The average molecular weight is 394 g/mol. The third-order valence-electron chi connectivity index (χ3n) is 4.25. The quantitative estimate of drug-likeness (QED) is 0.583. The molecule has 1 heterocycles. The van der Waals surface area contributed by atoms with Gasteiger partial charge in [-0.2, -0.15) is 0 Å². The van der Waals surface area contributed by atoms with Crippen LogP contribution in [0.15, 0.2) is 59.1 Å². The molecule has 0 unspecified atom stereocenters. The number of amides is 1. The van der Waals surface area contributed by atoms with Crippen LogP contribution in [0, 0.1) is 6.92 Å². The fourth-order valence-electron chi connectivity index (χ4n) is 2.74. The molecule has 0 spiro atoms. The van der Waals surface area contributed by atoms with E-state index in [1.807, 2.05) is 24.3 Å². The van der Waals surface area contributed by atoms with Crippen LogP contribution in [0.1, 0.15) is 33.8 Å². The first-order chi connectivity index (χ1) is 14.0. The molecule has 0 bridgehead atoms. The van der Waals surface area contributed by atoms with Gasteiger partial charge >= 0.3 is 5.97 Å². The monoisotopic (exact) mass is 394 g/mol. The Labute approximate surface area is 168 Å². The highest BCUT2D eigenvalue weighted by atomic mass is 16.5. The molecule has 0 fully saturated rings. The Balaban J connectivity index is 1.57. The minimum Gasteiger partial charge on any atom is -0.497 e. The van der Waals surface area contributed by atoms with Gasteiger partial charge in [0.15, 0.2) is 0 Å². The molecule has 29 heavy (non-hydrogen) atoms. The first kappa shape index (κ1) is 20.1. The van der Waals surface area contributed by atoms with Gasteiger partial charge < -0.3 is 19.3 Å². The zero-order valence-electron chi connectivity index (χ0n) is 16.3. The van der Waals surface area contributed by atoms with Gasteiger partial charge in [0, 0.05) is 12.5 Å². The van der Waals surface area contributed by atoms with E-state index in [0.29, 0.717) is 23.6 Å². The molecule has 0 saturated heterocycles. The van der Waals surface area contributed by atoms with Gasteiger partial charge in [-0.3, -0.25) is 4.79 Å². The van der Waals surface area contributed by atoms with E-state index >= 15 is 0 Å². The molecule has 1 amide bonds. The second-order valence-corrected chi connectivity index (χ2v) is 6.45. The molecular formula is C22H22N2O5. The van der Waals surface area contributed by atoms with Crippen molar-refractivity contribution in [3.8, 4) is 5.75 Å². The Kier molecular flexibility index (Phi) is 6.63. The maximum absolute atomic E-state index is 12.4. The number of nitrogens with one attached hydrogen (secondary N) is 1. The minimum atomic E-state index is -0.545. The van der Waals surface area contributed by atoms with Crippen LogP contribution < -0.4 is 10.1 Å². The number of aryl methyl sites for hydroxylation is 2. The predicted molar refractivity (Wildman–Crippen MR) is 107 cm³/mol. The lowest BCUT2D eigenvalue weighted by Gasteiger charge is -2.10. The Bertz CT molecular complexity index is 979. The van der Waals surface area contributed by atoms with Crippen molar-refractivity contribution in [3.05, 3.63) is 77.2 Å². The van der Waals surface area contributed by atoms with E-state index < -0.39 is 5.97 Å². The third-order valence-corrected chi connectivity index (χ3v) is 4.25. The molecule has 0 aliphatic carbocycles. The Hall–Kier alpha value is -3.61. The number of rotatable bonds is 8. The fourth-order valence-corrected chi connectivity index (χ4v) is 2.74. The van der Waals surface area contributed by atoms with Crippen LogP contribution in [0.4, 0.5) is 5.69 Å². The van der Waals surface area contributed by atoms with Crippen molar-refractivity contribution in [1.82, 2.24) is 5.16 Å². The number of nitrogens with zero attached hydrogens (tertiary/aromatic N) is 1. The van der Waals surface area contributed by atoms with Gasteiger partial charge in [-0.1, -0.05) is 29.4 Å². The van der Waals surface area contributed by atoms with Crippen LogP contribution >= 0.6 is 0 Å². The first-order valence-corrected chi connectivity index (χ1v) is 9.16. The SMILES string of the molecule is COc1ccc(CCC(=O)Nc2ccccc2C(=O)OCc2cc(C)on2)cc1. The summed E-state index contributed by atoms with van der Waals surface area (Å²) in [6.07, 6.45) is 0.863. The largest absolute Gasteiger partial charge is 0.497 e. The maximum Gasteiger partial charge on any atom is 0.340 e. The summed E-state index contributed by atoms with van der Waals surface area (Å²) >= 11 is 0. The van der Waals surface area contributed by atoms with E-state index in [1.165, 1.54) is 0 Å². The van der Waals surface area contributed by atoms with Crippen molar-refractivity contribution < 1.29 is 23.6 Å². The molecule has 7 heteroatoms. The number of benzene rings is 2. The second kappa shape index (κ2) is 9.54. The van der Waals surface area contributed by atoms with E-state index in [0.717, 1.165) is 11.3 Å². The summed E-state index contributed by atoms with van der Waals surface area (Å²) < 4.78 is 15.4. The summed E-state index contributed by atoms with van der Waals surface area (Å²) in [5.41, 5.74) is 2.24. The Morgan fingerprint density at radius 2 is 1.86 bits per heavy atom. The van der Waals surface area contributed by atoms with Crippen molar-refractivity contribution in [2.45, 2.75) is 26.4 Å². The molecule has 0 atom stereocenters. The molecule has 0 radical (unpaired) electrons. The van der Waals surface area contributed by atoms with E-state index in [2.05, 4.69) is 10.5 Å². The molecule has 0 saturated carbocycles. The van der Waals surface area contributed by atoms with Crippen LogP contribution in [0.5, 0.6) is 5.75 Å². The molecule has 1 aromatic heterocycles. The van der Waals surface area contributed by atoms with Gasteiger partial charge in [-0.25, -0.2) is 4.79 Å². The summed E-state index contributed by atoms with van der Waals surface area (Å²) in [6, 6.07) is 16.0. The number of carbonyl (C=O) groups is 2. The highest BCUT2D eigenvalue weighted by molar-refractivity contribution is 6.01. The van der Waals surface area contributed by atoms with Gasteiger partial charge in [-0.05, 0) is 43.2 Å². The Morgan fingerprint density at radius 3 is 2.55 bits per heavy atom. The first-order valence-electron chi connectivity index (χ1n) is 9.16. The van der Waals surface area contributed by atoms with Crippen molar-refractivity contribution in [1.29, 1.82) is 0 Å². The molecular weight excluding hydrogens is 372 g/mol. The maximum atomic E-state index is 12.4. The molecule has 150 valence electrons. The third kappa shape index (κ3) is 5.68. The standard InChI is InChI=1S/C22H22N2O5/c1-15-13-17(24-29-15)14-28-22(26)19-5-3-4-6-20(19)23-21(25)12-9-16-7-10-18(27-2)11-8-16/h3-8,10-11,13H,9,12,14H2,1-2H3,(H,23,25). The number of ether oxygens (including phenoxy) is 2. The molecule has 7 nitrogen and oxygen atoms in total. The highest BCUT2D eigenvalue weighted by Crippen LogP contribution is 2.18. The van der Waals surface area contributed by atoms with Crippen LogP contribution in [0.25, 0.3) is 0 Å². The lowest BCUT2D eigenvalue weighted by Crippen LogP contribution is -2.16. The summed E-state index contributed by atoms with van der Waals surface area (Å²) in [6.45, 7) is 1.75. The molecule has 3 rings (SSSR count). The van der Waals surface area contributed by atoms with E-state index in [-0.39, 0.29) is 24.5 Å². The second-order valence-electron chi connectivity index (χ2n) is 6.45. The van der Waals surface area contributed by atoms with Crippen LogP contribution in [0.3, 0.4) is 0 Å². The topological polar surface area (TPSA) is 90.7 Å². The van der Waals surface area contributed by atoms with Gasteiger partial charge in [0.2, 0.25) is 5.91 Å². The predicted octanol–water partition coefficient (Wildman–Crippen LogP) is 3.92. The van der Waals surface area contributed by atoms with Gasteiger partial charge in [0.05, 0.1) is 18.4 Å². The number of hydrogen-bond acceptors (Lipinski definition) is 6. The number of anilines is 1. The molecule has 2 aromatic carbocycles. The van der Waals surface area contributed by atoms with Crippen LogP contribution in [0.2, 0.25) is 0 Å². The zero-order chi connectivity index (χ0) is 20.6. The number of aromatic nitrogens is 1.